The minimum absolute atomic E-state index is 0.162. The van der Waals surface area contributed by atoms with Crippen molar-refractivity contribution in [1.82, 2.24) is 5.32 Å². The van der Waals surface area contributed by atoms with Crippen molar-refractivity contribution in [2.45, 2.75) is 12.8 Å². The molecule has 1 unspecified atom stereocenters. The van der Waals surface area contributed by atoms with Crippen LogP contribution in [0, 0.1) is 0 Å². The molecule has 0 radical (unpaired) electrons. The first-order valence-electron chi connectivity index (χ1n) is 8.40. The zero-order chi connectivity index (χ0) is 18.9. The van der Waals surface area contributed by atoms with E-state index in [-0.39, 0.29) is 11.8 Å². The first-order valence-corrected chi connectivity index (χ1v) is 8.40. The molecule has 1 amide bonds. The standard InChI is InChI=1S/C21H25NO4/c1-15(16-8-6-5-7-9-16)14-22-21(23)11-10-17-12-19(25-3)20(26-4)13-18(17)24-2/h5-13,15H,14H2,1-4H3,(H,22,23)/b11-10+. The van der Waals surface area contributed by atoms with Crippen LogP contribution >= 0.6 is 0 Å². The topological polar surface area (TPSA) is 56.8 Å². The summed E-state index contributed by atoms with van der Waals surface area (Å²) in [5.74, 6) is 1.83. The van der Waals surface area contributed by atoms with E-state index in [1.807, 2.05) is 18.2 Å². The number of carbonyl (C=O) groups is 1. The Morgan fingerprint density at radius 3 is 2.23 bits per heavy atom. The van der Waals surface area contributed by atoms with Crippen molar-refractivity contribution in [3.05, 3.63) is 59.7 Å². The van der Waals surface area contributed by atoms with Gasteiger partial charge in [-0.1, -0.05) is 37.3 Å². The molecule has 2 rings (SSSR count). The van der Waals surface area contributed by atoms with Crippen molar-refractivity contribution in [2.24, 2.45) is 0 Å². The molecule has 5 nitrogen and oxygen atoms in total. The molecule has 0 aliphatic rings. The number of carbonyl (C=O) groups excluding carboxylic acids is 1. The Bertz CT molecular complexity index is 756. The Morgan fingerprint density at radius 1 is 1.00 bits per heavy atom. The van der Waals surface area contributed by atoms with Gasteiger partial charge in [-0.25, -0.2) is 0 Å². The Kier molecular flexibility index (Phi) is 7.09. The summed E-state index contributed by atoms with van der Waals surface area (Å²) in [5.41, 5.74) is 1.93. The van der Waals surface area contributed by atoms with Crippen molar-refractivity contribution in [2.75, 3.05) is 27.9 Å². The molecule has 0 aromatic heterocycles. The Balaban J connectivity index is 2.03. The Labute approximate surface area is 154 Å². The van der Waals surface area contributed by atoms with E-state index in [9.17, 15) is 4.79 Å². The summed E-state index contributed by atoms with van der Waals surface area (Å²) in [5, 5.41) is 2.92. The maximum absolute atomic E-state index is 12.1. The second-order valence-corrected chi connectivity index (χ2v) is 5.84. The normalized spacial score (nSPS) is 11.8. The first-order chi connectivity index (χ1) is 12.6. The fourth-order valence-corrected chi connectivity index (χ4v) is 2.56. The summed E-state index contributed by atoms with van der Waals surface area (Å²) < 4.78 is 15.9. The van der Waals surface area contributed by atoms with Gasteiger partial charge in [-0.15, -0.1) is 0 Å². The molecule has 0 heterocycles. The van der Waals surface area contributed by atoms with Crippen molar-refractivity contribution in [3.63, 3.8) is 0 Å². The lowest BCUT2D eigenvalue weighted by atomic mass is 10.0. The number of benzene rings is 2. The van der Waals surface area contributed by atoms with E-state index in [4.69, 9.17) is 14.2 Å². The van der Waals surface area contributed by atoms with Crippen LogP contribution in [0.25, 0.3) is 6.08 Å². The molecule has 2 aromatic rings. The Morgan fingerprint density at radius 2 is 1.62 bits per heavy atom. The number of amides is 1. The van der Waals surface area contributed by atoms with E-state index in [2.05, 4.69) is 24.4 Å². The monoisotopic (exact) mass is 355 g/mol. The average molecular weight is 355 g/mol. The van der Waals surface area contributed by atoms with Gasteiger partial charge in [0.05, 0.1) is 21.3 Å². The van der Waals surface area contributed by atoms with Crippen molar-refractivity contribution in [1.29, 1.82) is 0 Å². The van der Waals surface area contributed by atoms with Crippen LogP contribution in [-0.4, -0.2) is 33.8 Å². The number of ether oxygens (including phenoxy) is 3. The molecule has 26 heavy (non-hydrogen) atoms. The van der Waals surface area contributed by atoms with E-state index in [0.717, 1.165) is 5.56 Å². The van der Waals surface area contributed by atoms with Crippen LogP contribution in [0.2, 0.25) is 0 Å². The summed E-state index contributed by atoms with van der Waals surface area (Å²) >= 11 is 0. The lowest BCUT2D eigenvalue weighted by Gasteiger charge is -2.13. The zero-order valence-corrected chi connectivity index (χ0v) is 15.6. The van der Waals surface area contributed by atoms with Crippen LogP contribution < -0.4 is 19.5 Å². The van der Waals surface area contributed by atoms with Gasteiger partial charge in [0.25, 0.3) is 0 Å². The number of rotatable bonds is 8. The van der Waals surface area contributed by atoms with Gasteiger partial charge in [0, 0.05) is 24.3 Å². The highest BCUT2D eigenvalue weighted by Gasteiger charge is 2.11. The van der Waals surface area contributed by atoms with E-state index in [1.165, 1.54) is 11.6 Å². The van der Waals surface area contributed by atoms with Gasteiger partial charge in [-0.2, -0.15) is 0 Å². The third-order valence-electron chi connectivity index (χ3n) is 4.10. The molecule has 0 fully saturated rings. The zero-order valence-electron chi connectivity index (χ0n) is 15.6. The number of hydrogen-bond donors (Lipinski definition) is 1. The largest absolute Gasteiger partial charge is 0.496 e. The molecule has 0 aliphatic carbocycles. The average Bonchev–Trinajstić information content (AvgIpc) is 2.70. The van der Waals surface area contributed by atoms with Crippen molar-refractivity contribution in [3.8, 4) is 17.2 Å². The summed E-state index contributed by atoms with van der Waals surface area (Å²) in [6.07, 6.45) is 3.19. The summed E-state index contributed by atoms with van der Waals surface area (Å²) in [6, 6.07) is 13.6. The van der Waals surface area contributed by atoms with Gasteiger partial charge < -0.3 is 19.5 Å². The maximum atomic E-state index is 12.1. The first kappa shape index (κ1) is 19.4. The van der Waals surface area contributed by atoms with Crippen LogP contribution in [0.1, 0.15) is 24.0 Å². The molecule has 5 heteroatoms. The van der Waals surface area contributed by atoms with Crippen molar-refractivity contribution >= 4 is 12.0 Å². The minimum atomic E-state index is -0.162. The second kappa shape index (κ2) is 9.51. The van der Waals surface area contributed by atoms with Crippen LogP contribution in [0.4, 0.5) is 0 Å². The molecular weight excluding hydrogens is 330 g/mol. The molecule has 0 aliphatic heterocycles. The van der Waals surface area contributed by atoms with E-state index < -0.39 is 0 Å². The number of methoxy groups -OCH3 is 3. The number of hydrogen-bond acceptors (Lipinski definition) is 4. The quantitative estimate of drug-likeness (QED) is 0.735. The van der Waals surface area contributed by atoms with E-state index >= 15 is 0 Å². The third-order valence-corrected chi connectivity index (χ3v) is 4.10. The predicted molar refractivity (Wildman–Crippen MR) is 103 cm³/mol. The van der Waals surface area contributed by atoms with Crippen LogP contribution in [0.5, 0.6) is 17.2 Å². The van der Waals surface area contributed by atoms with Gasteiger partial charge in [-0.05, 0) is 23.6 Å². The van der Waals surface area contributed by atoms with E-state index in [0.29, 0.717) is 23.8 Å². The van der Waals surface area contributed by atoms with Gasteiger partial charge in [-0.3, -0.25) is 4.79 Å². The SMILES string of the molecule is COc1cc(OC)c(OC)cc1/C=C/C(=O)NCC(C)c1ccccc1. The smallest absolute Gasteiger partial charge is 0.244 e. The van der Waals surface area contributed by atoms with Gasteiger partial charge >= 0.3 is 0 Å². The molecular formula is C21H25NO4. The summed E-state index contributed by atoms with van der Waals surface area (Å²) in [7, 11) is 4.70. The number of nitrogens with one attached hydrogen (secondary N) is 1. The Hall–Kier alpha value is -2.95. The van der Waals surface area contributed by atoms with Crippen LogP contribution in [-0.2, 0) is 4.79 Å². The minimum Gasteiger partial charge on any atom is -0.496 e. The molecule has 1 atom stereocenters. The summed E-state index contributed by atoms with van der Waals surface area (Å²) in [4.78, 5) is 12.1. The molecule has 0 spiro atoms. The fourth-order valence-electron chi connectivity index (χ4n) is 2.56. The third kappa shape index (κ3) is 5.02. The lowest BCUT2D eigenvalue weighted by Crippen LogP contribution is -2.25. The van der Waals surface area contributed by atoms with Crippen molar-refractivity contribution < 1.29 is 19.0 Å². The highest BCUT2D eigenvalue weighted by Crippen LogP contribution is 2.35. The van der Waals surface area contributed by atoms with Crippen LogP contribution in [0.15, 0.2) is 48.5 Å². The second-order valence-electron chi connectivity index (χ2n) is 5.84. The van der Waals surface area contributed by atoms with E-state index in [1.54, 1.807) is 39.5 Å². The highest BCUT2D eigenvalue weighted by atomic mass is 16.5. The molecule has 0 bridgehead atoms. The lowest BCUT2D eigenvalue weighted by molar-refractivity contribution is -0.116. The van der Waals surface area contributed by atoms with Crippen LogP contribution in [0.3, 0.4) is 0 Å². The highest BCUT2D eigenvalue weighted by molar-refractivity contribution is 5.92. The van der Waals surface area contributed by atoms with Gasteiger partial charge in [0.2, 0.25) is 5.91 Å². The maximum Gasteiger partial charge on any atom is 0.244 e. The summed E-state index contributed by atoms with van der Waals surface area (Å²) in [6.45, 7) is 2.65. The molecule has 1 N–H and O–H groups in total. The van der Waals surface area contributed by atoms with Gasteiger partial charge in [0.15, 0.2) is 11.5 Å². The molecule has 0 saturated heterocycles. The van der Waals surface area contributed by atoms with Gasteiger partial charge in [0.1, 0.15) is 5.75 Å². The molecule has 2 aromatic carbocycles. The molecule has 0 saturated carbocycles. The predicted octanol–water partition coefficient (Wildman–Crippen LogP) is 3.65. The molecule has 138 valence electrons. The fraction of sp³-hybridized carbons (Fsp3) is 0.286.